The van der Waals surface area contributed by atoms with Gasteiger partial charge >= 0.3 is 0 Å². The molecule has 0 saturated carbocycles. The molecule has 0 spiro atoms. The molecular weight excluding hydrogens is 210 g/mol. The second-order valence-electron chi connectivity index (χ2n) is 4.20. The molecule has 1 heterocycles. The predicted molar refractivity (Wildman–Crippen MR) is 70.6 cm³/mol. The highest BCUT2D eigenvalue weighted by atomic mass is 14.9. The van der Waals surface area contributed by atoms with Gasteiger partial charge in [-0.1, -0.05) is 13.3 Å². The fourth-order valence-corrected chi connectivity index (χ4v) is 1.78. The molecule has 0 unspecified atom stereocenters. The average Bonchev–Trinajstić information content (AvgIpc) is 2.29. The van der Waals surface area contributed by atoms with Crippen molar-refractivity contribution < 1.29 is 0 Å². The third-order valence-corrected chi connectivity index (χ3v) is 2.58. The standard InChI is InChI=1S/C14H17N3/c1-3-4-13-9-10(2)16-14(17-13)11-5-7-12(15)8-6-11/h5-9H,3-4,15H2,1-2H3. The Balaban J connectivity index is 2.40. The first kappa shape index (κ1) is 11.6. The third-order valence-electron chi connectivity index (χ3n) is 2.58. The Bertz CT molecular complexity index is 503. The summed E-state index contributed by atoms with van der Waals surface area (Å²) >= 11 is 0. The third kappa shape index (κ3) is 2.81. The normalized spacial score (nSPS) is 10.5. The zero-order valence-corrected chi connectivity index (χ0v) is 10.3. The molecule has 2 aromatic rings. The van der Waals surface area contributed by atoms with Crippen molar-refractivity contribution in [3.63, 3.8) is 0 Å². The monoisotopic (exact) mass is 227 g/mol. The van der Waals surface area contributed by atoms with E-state index in [1.165, 1.54) is 0 Å². The summed E-state index contributed by atoms with van der Waals surface area (Å²) in [6.45, 7) is 4.15. The minimum atomic E-state index is 0.759. The minimum absolute atomic E-state index is 0.759. The summed E-state index contributed by atoms with van der Waals surface area (Å²) in [5, 5.41) is 0. The fourth-order valence-electron chi connectivity index (χ4n) is 1.78. The van der Waals surface area contributed by atoms with E-state index in [0.29, 0.717) is 0 Å². The van der Waals surface area contributed by atoms with Gasteiger partial charge < -0.3 is 5.73 Å². The Kier molecular flexibility index (Phi) is 3.38. The highest BCUT2D eigenvalue weighted by molar-refractivity contribution is 5.58. The number of benzene rings is 1. The van der Waals surface area contributed by atoms with Gasteiger partial charge in [-0.3, -0.25) is 0 Å². The van der Waals surface area contributed by atoms with E-state index in [-0.39, 0.29) is 0 Å². The van der Waals surface area contributed by atoms with Gasteiger partial charge in [-0.2, -0.15) is 0 Å². The van der Waals surface area contributed by atoms with Crippen molar-refractivity contribution in [3.8, 4) is 11.4 Å². The Morgan fingerprint density at radius 2 is 1.82 bits per heavy atom. The molecule has 17 heavy (non-hydrogen) atoms. The summed E-state index contributed by atoms with van der Waals surface area (Å²) in [5.74, 6) is 0.786. The number of hydrogen-bond donors (Lipinski definition) is 1. The summed E-state index contributed by atoms with van der Waals surface area (Å²) in [4.78, 5) is 9.04. The molecule has 0 fully saturated rings. The summed E-state index contributed by atoms with van der Waals surface area (Å²) in [6, 6.07) is 9.71. The van der Waals surface area contributed by atoms with E-state index in [9.17, 15) is 0 Å². The van der Waals surface area contributed by atoms with E-state index in [4.69, 9.17) is 5.73 Å². The lowest BCUT2D eigenvalue weighted by molar-refractivity contribution is 0.869. The molecule has 2 N–H and O–H groups in total. The van der Waals surface area contributed by atoms with Crippen molar-refractivity contribution in [1.82, 2.24) is 9.97 Å². The van der Waals surface area contributed by atoms with Crippen LogP contribution in [-0.4, -0.2) is 9.97 Å². The van der Waals surface area contributed by atoms with Crippen molar-refractivity contribution in [3.05, 3.63) is 41.7 Å². The van der Waals surface area contributed by atoms with Crippen molar-refractivity contribution in [1.29, 1.82) is 0 Å². The van der Waals surface area contributed by atoms with Gasteiger partial charge in [0.2, 0.25) is 0 Å². The molecule has 1 aromatic carbocycles. The van der Waals surface area contributed by atoms with Crippen molar-refractivity contribution in [2.45, 2.75) is 26.7 Å². The van der Waals surface area contributed by atoms with Gasteiger partial charge in [0.1, 0.15) is 0 Å². The molecule has 3 heteroatoms. The lowest BCUT2D eigenvalue weighted by Crippen LogP contribution is -1.98. The predicted octanol–water partition coefficient (Wildman–Crippen LogP) is 2.99. The van der Waals surface area contributed by atoms with Crippen LogP contribution < -0.4 is 5.73 Å². The molecule has 0 saturated heterocycles. The zero-order chi connectivity index (χ0) is 12.3. The molecule has 0 amide bonds. The lowest BCUT2D eigenvalue weighted by atomic mass is 10.1. The smallest absolute Gasteiger partial charge is 0.159 e. The van der Waals surface area contributed by atoms with Crippen LogP contribution in [0.5, 0.6) is 0 Å². The van der Waals surface area contributed by atoms with Crippen LogP contribution in [0.3, 0.4) is 0 Å². The lowest BCUT2D eigenvalue weighted by Gasteiger charge is -2.05. The molecule has 0 aliphatic rings. The quantitative estimate of drug-likeness (QED) is 0.820. The van der Waals surface area contributed by atoms with E-state index in [2.05, 4.69) is 16.9 Å². The number of anilines is 1. The van der Waals surface area contributed by atoms with E-state index >= 15 is 0 Å². The second kappa shape index (κ2) is 4.95. The van der Waals surface area contributed by atoms with E-state index < -0.39 is 0 Å². The van der Waals surface area contributed by atoms with Crippen molar-refractivity contribution >= 4 is 5.69 Å². The Labute approximate surface area is 102 Å². The number of rotatable bonds is 3. The minimum Gasteiger partial charge on any atom is -0.399 e. The van der Waals surface area contributed by atoms with Crippen LogP contribution in [0.25, 0.3) is 11.4 Å². The first-order valence-electron chi connectivity index (χ1n) is 5.89. The molecule has 1 aromatic heterocycles. The summed E-state index contributed by atoms with van der Waals surface area (Å²) < 4.78 is 0. The van der Waals surface area contributed by atoms with Gasteiger partial charge in [-0.05, 0) is 43.7 Å². The Hall–Kier alpha value is -1.90. The van der Waals surface area contributed by atoms with Crippen LogP contribution in [-0.2, 0) is 6.42 Å². The topological polar surface area (TPSA) is 51.8 Å². The molecule has 0 bridgehead atoms. The average molecular weight is 227 g/mol. The number of aryl methyl sites for hydroxylation is 2. The molecule has 0 radical (unpaired) electrons. The summed E-state index contributed by atoms with van der Waals surface area (Å²) in [5.41, 5.74) is 9.56. The molecule has 2 rings (SSSR count). The Morgan fingerprint density at radius 1 is 1.12 bits per heavy atom. The number of nitrogens with zero attached hydrogens (tertiary/aromatic N) is 2. The Morgan fingerprint density at radius 3 is 2.47 bits per heavy atom. The maximum Gasteiger partial charge on any atom is 0.159 e. The van der Waals surface area contributed by atoms with E-state index in [0.717, 1.165) is 41.3 Å². The van der Waals surface area contributed by atoms with Crippen LogP contribution in [0.4, 0.5) is 5.69 Å². The molecule has 88 valence electrons. The first-order chi connectivity index (χ1) is 8.19. The molecular formula is C14H17N3. The summed E-state index contributed by atoms with van der Waals surface area (Å²) in [6.07, 6.45) is 2.09. The second-order valence-corrected chi connectivity index (χ2v) is 4.20. The largest absolute Gasteiger partial charge is 0.399 e. The highest BCUT2D eigenvalue weighted by Crippen LogP contribution is 2.17. The first-order valence-corrected chi connectivity index (χ1v) is 5.89. The van der Waals surface area contributed by atoms with Crippen LogP contribution in [0.1, 0.15) is 24.7 Å². The summed E-state index contributed by atoms with van der Waals surface area (Å²) in [7, 11) is 0. The van der Waals surface area contributed by atoms with Crippen molar-refractivity contribution in [2.75, 3.05) is 5.73 Å². The van der Waals surface area contributed by atoms with Crippen LogP contribution in [0.15, 0.2) is 30.3 Å². The number of nitrogen functional groups attached to an aromatic ring is 1. The van der Waals surface area contributed by atoms with Crippen LogP contribution in [0, 0.1) is 6.92 Å². The van der Waals surface area contributed by atoms with Gasteiger partial charge in [0, 0.05) is 22.6 Å². The number of hydrogen-bond acceptors (Lipinski definition) is 3. The van der Waals surface area contributed by atoms with Gasteiger partial charge in [0.05, 0.1) is 0 Å². The molecule has 0 atom stereocenters. The van der Waals surface area contributed by atoms with Crippen molar-refractivity contribution in [2.24, 2.45) is 0 Å². The zero-order valence-electron chi connectivity index (χ0n) is 10.3. The van der Waals surface area contributed by atoms with Gasteiger partial charge in [-0.15, -0.1) is 0 Å². The van der Waals surface area contributed by atoms with Gasteiger partial charge in [0.15, 0.2) is 5.82 Å². The SMILES string of the molecule is CCCc1cc(C)nc(-c2ccc(N)cc2)n1. The number of nitrogens with two attached hydrogens (primary N) is 1. The van der Waals surface area contributed by atoms with Crippen LogP contribution >= 0.6 is 0 Å². The highest BCUT2D eigenvalue weighted by Gasteiger charge is 2.04. The molecule has 0 aliphatic carbocycles. The molecule has 0 aliphatic heterocycles. The van der Waals surface area contributed by atoms with E-state index in [1.807, 2.05) is 37.3 Å². The van der Waals surface area contributed by atoms with Crippen LogP contribution in [0.2, 0.25) is 0 Å². The maximum absolute atomic E-state index is 5.67. The number of aromatic nitrogens is 2. The maximum atomic E-state index is 5.67. The molecule has 3 nitrogen and oxygen atoms in total. The fraction of sp³-hybridized carbons (Fsp3) is 0.286. The van der Waals surface area contributed by atoms with Gasteiger partial charge in [0.25, 0.3) is 0 Å². The van der Waals surface area contributed by atoms with E-state index in [1.54, 1.807) is 0 Å². The van der Waals surface area contributed by atoms with Gasteiger partial charge in [-0.25, -0.2) is 9.97 Å².